The standard InChI is InChI=1S/C16H34/c1-6-9-11-16(10-7-2)15(5)13-12-14(4)8-3/h14-16H,6-13H2,1-5H3. The molecule has 0 aliphatic carbocycles. The van der Waals surface area contributed by atoms with E-state index in [9.17, 15) is 0 Å². The summed E-state index contributed by atoms with van der Waals surface area (Å²) >= 11 is 0. The first-order valence-corrected chi connectivity index (χ1v) is 7.65. The molecule has 0 N–H and O–H groups in total. The molecular weight excluding hydrogens is 192 g/mol. The quantitative estimate of drug-likeness (QED) is 0.425. The highest BCUT2D eigenvalue weighted by Gasteiger charge is 2.16. The lowest BCUT2D eigenvalue weighted by atomic mass is 9.81. The van der Waals surface area contributed by atoms with Gasteiger partial charge in [-0.25, -0.2) is 0 Å². The maximum absolute atomic E-state index is 2.48. The van der Waals surface area contributed by atoms with E-state index >= 15 is 0 Å². The van der Waals surface area contributed by atoms with Crippen LogP contribution in [-0.4, -0.2) is 0 Å². The van der Waals surface area contributed by atoms with Crippen molar-refractivity contribution in [1.82, 2.24) is 0 Å². The van der Waals surface area contributed by atoms with E-state index in [0.29, 0.717) is 0 Å². The molecule has 0 rings (SSSR count). The molecule has 3 unspecified atom stereocenters. The minimum atomic E-state index is 0.927. The Hall–Kier alpha value is 0. The molecule has 0 radical (unpaired) electrons. The van der Waals surface area contributed by atoms with Gasteiger partial charge in [0.1, 0.15) is 0 Å². The maximum Gasteiger partial charge on any atom is -0.0389 e. The summed E-state index contributed by atoms with van der Waals surface area (Å²) in [6, 6.07) is 0. The Labute approximate surface area is 104 Å². The van der Waals surface area contributed by atoms with Crippen LogP contribution in [0.25, 0.3) is 0 Å². The Bertz CT molecular complexity index is 139. The summed E-state index contributed by atoms with van der Waals surface area (Å²) in [7, 11) is 0. The summed E-state index contributed by atoms with van der Waals surface area (Å²) in [5, 5.41) is 0. The zero-order chi connectivity index (χ0) is 12.4. The molecule has 0 aromatic rings. The van der Waals surface area contributed by atoms with Gasteiger partial charge in [0.25, 0.3) is 0 Å². The van der Waals surface area contributed by atoms with Crippen LogP contribution in [0, 0.1) is 17.8 Å². The van der Waals surface area contributed by atoms with Gasteiger partial charge in [-0.3, -0.25) is 0 Å². The van der Waals surface area contributed by atoms with Crippen LogP contribution in [0.3, 0.4) is 0 Å². The molecule has 0 fully saturated rings. The lowest BCUT2D eigenvalue weighted by Crippen LogP contribution is -2.13. The molecule has 0 aromatic carbocycles. The first kappa shape index (κ1) is 16.0. The van der Waals surface area contributed by atoms with Crippen molar-refractivity contribution in [3.8, 4) is 0 Å². The lowest BCUT2D eigenvalue weighted by molar-refractivity contribution is 0.271. The molecular formula is C16H34. The van der Waals surface area contributed by atoms with Gasteiger partial charge in [-0.2, -0.15) is 0 Å². The third-order valence-electron chi connectivity index (χ3n) is 4.20. The number of unbranched alkanes of at least 4 members (excludes halogenated alkanes) is 1. The second kappa shape index (κ2) is 10.2. The van der Waals surface area contributed by atoms with Crippen molar-refractivity contribution in [2.75, 3.05) is 0 Å². The van der Waals surface area contributed by atoms with Crippen LogP contribution >= 0.6 is 0 Å². The van der Waals surface area contributed by atoms with Gasteiger partial charge in [-0.1, -0.05) is 86.0 Å². The molecule has 0 heteroatoms. The van der Waals surface area contributed by atoms with Crippen molar-refractivity contribution < 1.29 is 0 Å². The first-order chi connectivity index (χ1) is 7.65. The molecule has 3 atom stereocenters. The van der Waals surface area contributed by atoms with E-state index in [0.717, 1.165) is 17.8 Å². The van der Waals surface area contributed by atoms with Crippen LogP contribution in [0.15, 0.2) is 0 Å². The van der Waals surface area contributed by atoms with Gasteiger partial charge < -0.3 is 0 Å². The highest BCUT2D eigenvalue weighted by Crippen LogP contribution is 2.28. The largest absolute Gasteiger partial charge is 0.0654 e. The SMILES string of the molecule is CCCCC(CCC)C(C)CCC(C)CC. The Balaban J connectivity index is 3.89. The predicted molar refractivity (Wildman–Crippen MR) is 75.8 cm³/mol. The zero-order valence-electron chi connectivity index (χ0n) is 12.4. The molecule has 0 bridgehead atoms. The van der Waals surface area contributed by atoms with Crippen LogP contribution in [0.2, 0.25) is 0 Å². The van der Waals surface area contributed by atoms with Gasteiger partial charge in [-0.15, -0.1) is 0 Å². The van der Waals surface area contributed by atoms with Gasteiger partial charge >= 0.3 is 0 Å². The van der Waals surface area contributed by atoms with Crippen LogP contribution < -0.4 is 0 Å². The fourth-order valence-corrected chi connectivity index (χ4v) is 2.54. The fourth-order valence-electron chi connectivity index (χ4n) is 2.54. The second-order valence-corrected chi connectivity index (χ2v) is 5.76. The van der Waals surface area contributed by atoms with Crippen LogP contribution in [-0.2, 0) is 0 Å². The molecule has 0 saturated heterocycles. The molecule has 0 aromatic heterocycles. The minimum Gasteiger partial charge on any atom is -0.0654 e. The van der Waals surface area contributed by atoms with Crippen molar-refractivity contribution in [3.05, 3.63) is 0 Å². The average molecular weight is 226 g/mol. The number of rotatable bonds is 10. The number of hydrogen-bond donors (Lipinski definition) is 0. The first-order valence-electron chi connectivity index (χ1n) is 7.65. The Morgan fingerprint density at radius 2 is 1.44 bits per heavy atom. The summed E-state index contributed by atoms with van der Waals surface area (Å²) in [4.78, 5) is 0. The third-order valence-corrected chi connectivity index (χ3v) is 4.20. The fraction of sp³-hybridized carbons (Fsp3) is 1.00. The van der Waals surface area contributed by atoms with E-state index in [1.54, 1.807) is 0 Å². The monoisotopic (exact) mass is 226 g/mol. The van der Waals surface area contributed by atoms with Gasteiger partial charge in [-0.05, 0) is 17.8 Å². The van der Waals surface area contributed by atoms with Crippen LogP contribution in [0.4, 0.5) is 0 Å². The number of hydrogen-bond acceptors (Lipinski definition) is 0. The second-order valence-electron chi connectivity index (χ2n) is 5.76. The van der Waals surface area contributed by atoms with Gasteiger partial charge in [0, 0.05) is 0 Å². The summed E-state index contributed by atoms with van der Waals surface area (Å²) in [5.74, 6) is 2.87. The van der Waals surface area contributed by atoms with Crippen molar-refractivity contribution in [2.24, 2.45) is 17.8 Å². The Kier molecular flexibility index (Phi) is 10.2. The van der Waals surface area contributed by atoms with E-state index in [1.807, 2.05) is 0 Å². The summed E-state index contributed by atoms with van der Waals surface area (Å²) in [6.45, 7) is 11.8. The van der Waals surface area contributed by atoms with Crippen LogP contribution in [0.1, 0.15) is 86.0 Å². The van der Waals surface area contributed by atoms with Gasteiger partial charge in [0.05, 0.1) is 0 Å². The zero-order valence-corrected chi connectivity index (χ0v) is 12.4. The molecule has 0 saturated carbocycles. The van der Waals surface area contributed by atoms with E-state index in [4.69, 9.17) is 0 Å². The smallest absolute Gasteiger partial charge is 0.0389 e. The molecule has 0 heterocycles. The highest BCUT2D eigenvalue weighted by atomic mass is 14.2. The summed E-state index contributed by atoms with van der Waals surface area (Å²) in [6.07, 6.45) is 11.3. The van der Waals surface area contributed by atoms with Crippen molar-refractivity contribution in [1.29, 1.82) is 0 Å². The molecule has 0 aliphatic rings. The van der Waals surface area contributed by atoms with Gasteiger partial charge in [0.2, 0.25) is 0 Å². The topological polar surface area (TPSA) is 0 Å². The predicted octanol–water partition coefficient (Wildman–Crippen LogP) is 6.06. The van der Waals surface area contributed by atoms with Gasteiger partial charge in [0.15, 0.2) is 0 Å². The average Bonchev–Trinajstić information content (AvgIpc) is 2.30. The molecule has 0 amide bonds. The molecule has 0 spiro atoms. The maximum atomic E-state index is 2.48. The van der Waals surface area contributed by atoms with Crippen molar-refractivity contribution in [2.45, 2.75) is 86.0 Å². The van der Waals surface area contributed by atoms with Crippen molar-refractivity contribution in [3.63, 3.8) is 0 Å². The normalized spacial score (nSPS) is 17.1. The lowest BCUT2D eigenvalue weighted by Gasteiger charge is -2.24. The van der Waals surface area contributed by atoms with E-state index < -0.39 is 0 Å². The summed E-state index contributed by atoms with van der Waals surface area (Å²) < 4.78 is 0. The van der Waals surface area contributed by atoms with E-state index in [1.165, 1.54) is 51.4 Å². The molecule has 98 valence electrons. The van der Waals surface area contributed by atoms with Crippen molar-refractivity contribution >= 4 is 0 Å². The Morgan fingerprint density at radius 3 is 1.94 bits per heavy atom. The van der Waals surface area contributed by atoms with Crippen LogP contribution in [0.5, 0.6) is 0 Å². The van der Waals surface area contributed by atoms with E-state index in [2.05, 4.69) is 34.6 Å². The highest BCUT2D eigenvalue weighted by molar-refractivity contribution is 4.67. The summed E-state index contributed by atoms with van der Waals surface area (Å²) in [5.41, 5.74) is 0. The minimum absolute atomic E-state index is 0.927. The van der Waals surface area contributed by atoms with E-state index in [-0.39, 0.29) is 0 Å². The third kappa shape index (κ3) is 7.30. The Morgan fingerprint density at radius 1 is 0.750 bits per heavy atom. The molecule has 0 nitrogen and oxygen atoms in total. The molecule has 16 heavy (non-hydrogen) atoms. The molecule has 0 aliphatic heterocycles.